The highest BCUT2D eigenvalue weighted by Crippen LogP contribution is 2.41. The Bertz CT molecular complexity index is 1120. The molecule has 0 spiro atoms. The van der Waals surface area contributed by atoms with Crippen LogP contribution in [0, 0.1) is 5.82 Å². The Morgan fingerprint density at radius 2 is 1.82 bits per heavy atom. The molecule has 0 fully saturated rings. The monoisotopic (exact) mass is 414 g/mol. The van der Waals surface area contributed by atoms with Crippen molar-refractivity contribution in [2.45, 2.75) is 6.10 Å². The molecule has 0 saturated carbocycles. The van der Waals surface area contributed by atoms with Gasteiger partial charge in [-0.05, 0) is 48.5 Å². The number of aliphatic hydroxyl groups excluding tert-OH is 1. The maximum atomic E-state index is 13.4. The maximum Gasteiger partial charge on any atom is 0.173 e. The molecule has 4 aromatic rings. The van der Waals surface area contributed by atoms with Crippen LogP contribution in [-0.2, 0) is 0 Å². The minimum Gasteiger partial charge on any atom is -0.383 e. The van der Waals surface area contributed by atoms with E-state index >= 15 is 0 Å². The second kappa shape index (κ2) is 7.72. The topological polar surface area (TPSA) is 59.2 Å². The fourth-order valence-corrected chi connectivity index (χ4v) is 3.44. The third kappa shape index (κ3) is 3.52. The van der Waals surface area contributed by atoms with Crippen molar-refractivity contribution in [2.75, 3.05) is 0 Å². The molecule has 1 unspecified atom stereocenters. The van der Waals surface area contributed by atoms with E-state index in [9.17, 15) is 9.50 Å². The van der Waals surface area contributed by atoms with E-state index in [0.29, 0.717) is 43.8 Å². The zero-order chi connectivity index (χ0) is 19.7. The average molecular weight is 415 g/mol. The first-order valence-electron chi connectivity index (χ1n) is 8.33. The number of aliphatic hydroxyl groups is 1. The Balaban J connectivity index is 1.93. The van der Waals surface area contributed by atoms with Crippen LogP contribution in [0.1, 0.15) is 17.2 Å². The van der Waals surface area contributed by atoms with Crippen LogP contribution in [0.25, 0.3) is 22.6 Å². The van der Waals surface area contributed by atoms with Crippen LogP contribution in [0.2, 0.25) is 10.0 Å². The molecule has 2 aromatic heterocycles. The Kier molecular flexibility index (Phi) is 5.13. The van der Waals surface area contributed by atoms with E-state index in [4.69, 9.17) is 27.7 Å². The number of benzene rings is 2. The highest BCUT2D eigenvalue weighted by molar-refractivity contribution is 6.36. The van der Waals surface area contributed by atoms with Gasteiger partial charge in [0.2, 0.25) is 0 Å². The van der Waals surface area contributed by atoms with E-state index in [1.54, 1.807) is 54.9 Å². The van der Waals surface area contributed by atoms with Gasteiger partial charge in [0.05, 0.1) is 10.6 Å². The van der Waals surface area contributed by atoms with E-state index in [1.807, 2.05) is 0 Å². The first-order chi connectivity index (χ1) is 13.5. The van der Waals surface area contributed by atoms with Crippen molar-refractivity contribution in [3.05, 3.63) is 94.0 Å². The minimum atomic E-state index is -1.08. The SMILES string of the molecule is OC(c1cccnc1)c1c(-c2ccc(Cl)cc2Cl)noc1-c1ccc(F)cc1. The summed E-state index contributed by atoms with van der Waals surface area (Å²) < 4.78 is 18.9. The largest absolute Gasteiger partial charge is 0.383 e. The molecule has 2 aromatic carbocycles. The van der Waals surface area contributed by atoms with Crippen molar-refractivity contribution in [3.63, 3.8) is 0 Å². The molecule has 0 bridgehead atoms. The summed E-state index contributed by atoms with van der Waals surface area (Å²) in [6.07, 6.45) is 2.09. The van der Waals surface area contributed by atoms with Crippen molar-refractivity contribution in [3.8, 4) is 22.6 Å². The lowest BCUT2D eigenvalue weighted by Gasteiger charge is -2.13. The Morgan fingerprint density at radius 3 is 2.50 bits per heavy atom. The molecule has 4 nitrogen and oxygen atoms in total. The predicted molar refractivity (Wildman–Crippen MR) is 106 cm³/mol. The number of hydrogen-bond donors (Lipinski definition) is 1. The number of nitrogens with zero attached hydrogens (tertiary/aromatic N) is 2. The van der Waals surface area contributed by atoms with Gasteiger partial charge in [-0.3, -0.25) is 4.98 Å². The van der Waals surface area contributed by atoms with Crippen LogP contribution in [0.3, 0.4) is 0 Å². The molecule has 2 heterocycles. The summed E-state index contributed by atoms with van der Waals surface area (Å²) in [6, 6.07) is 14.2. The van der Waals surface area contributed by atoms with Gasteiger partial charge < -0.3 is 9.63 Å². The number of aromatic nitrogens is 2. The molecule has 0 aliphatic carbocycles. The lowest BCUT2D eigenvalue weighted by molar-refractivity contribution is 0.220. The van der Waals surface area contributed by atoms with Crippen molar-refractivity contribution in [1.29, 1.82) is 0 Å². The molecule has 0 aliphatic rings. The van der Waals surface area contributed by atoms with Gasteiger partial charge in [-0.15, -0.1) is 0 Å². The highest BCUT2D eigenvalue weighted by atomic mass is 35.5. The first kappa shape index (κ1) is 18.6. The molecule has 140 valence electrons. The average Bonchev–Trinajstić information content (AvgIpc) is 3.13. The van der Waals surface area contributed by atoms with Crippen LogP contribution >= 0.6 is 23.2 Å². The molecule has 4 rings (SSSR count). The highest BCUT2D eigenvalue weighted by Gasteiger charge is 2.27. The lowest BCUT2D eigenvalue weighted by Crippen LogP contribution is -2.03. The van der Waals surface area contributed by atoms with Gasteiger partial charge in [0.15, 0.2) is 5.76 Å². The molecule has 0 aliphatic heterocycles. The summed E-state index contributed by atoms with van der Waals surface area (Å²) in [5, 5.41) is 16.1. The number of rotatable bonds is 4. The second-order valence-corrected chi connectivity index (χ2v) is 6.94. The summed E-state index contributed by atoms with van der Waals surface area (Å²) in [4.78, 5) is 4.06. The van der Waals surface area contributed by atoms with E-state index in [-0.39, 0.29) is 5.82 Å². The molecule has 7 heteroatoms. The van der Waals surface area contributed by atoms with Crippen LogP contribution < -0.4 is 0 Å². The molecule has 0 amide bonds. The molecular weight excluding hydrogens is 402 g/mol. The summed E-state index contributed by atoms with van der Waals surface area (Å²) in [5.74, 6) is -0.0593. The van der Waals surface area contributed by atoms with Gasteiger partial charge >= 0.3 is 0 Å². The smallest absolute Gasteiger partial charge is 0.173 e. The minimum absolute atomic E-state index is 0.317. The Labute approximate surface area is 170 Å². The Morgan fingerprint density at radius 1 is 1.04 bits per heavy atom. The lowest BCUT2D eigenvalue weighted by atomic mass is 9.95. The first-order valence-corrected chi connectivity index (χ1v) is 9.09. The molecule has 0 saturated heterocycles. The summed E-state index contributed by atoms with van der Waals surface area (Å²) in [7, 11) is 0. The summed E-state index contributed by atoms with van der Waals surface area (Å²) in [5.41, 5.74) is 2.46. The second-order valence-electron chi connectivity index (χ2n) is 6.09. The van der Waals surface area contributed by atoms with Gasteiger partial charge in [0, 0.05) is 34.1 Å². The molecule has 1 N–H and O–H groups in total. The summed E-state index contributed by atoms with van der Waals surface area (Å²) >= 11 is 12.4. The quantitative estimate of drug-likeness (QED) is 0.449. The van der Waals surface area contributed by atoms with Crippen molar-refractivity contribution in [1.82, 2.24) is 10.1 Å². The van der Waals surface area contributed by atoms with E-state index in [1.165, 1.54) is 12.1 Å². The van der Waals surface area contributed by atoms with Crippen LogP contribution in [-0.4, -0.2) is 15.2 Å². The van der Waals surface area contributed by atoms with Crippen molar-refractivity contribution < 1.29 is 14.0 Å². The van der Waals surface area contributed by atoms with Crippen molar-refractivity contribution in [2.24, 2.45) is 0 Å². The third-order valence-corrected chi connectivity index (χ3v) is 4.84. The third-order valence-electron chi connectivity index (χ3n) is 4.29. The van der Waals surface area contributed by atoms with Crippen molar-refractivity contribution >= 4 is 23.2 Å². The van der Waals surface area contributed by atoms with Gasteiger partial charge in [-0.25, -0.2) is 4.39 Å². The molecule has 1 atom stereocenters. The van der Waals surface area contributed by atoms with E-state index in [0.717, 1.165) is 0 Å². The maximum absolute atomic E-state index is 13.4. The van der Waals surface area contributed by atoms with Gasteiger partial charge in [0.1, 0.15) is 17.6 Å². The van der Waals surface area contributed by atoms with Gasteiger partial charge in [-0.2, -0.15) is 0 Å². The molecule has 28 heavy (non-hydrogen) atoms. The summed E-state index contributed by atoms with van der Waals surface area (Å²) in [6.45, 7) is 0. The molecule has 0 radical (unpaired) electrons. The number of hydrogen-bond acceptors (Lipinski definition) is 4. The van der Waals surface area contributed by atoms with Crippen LogP contribution in [0.15, 0.2) is 71.5 Å². The molecular formula is C21H13Cl2FN2O2. The van der Waals surface area contributed by atoms with Gasteiger partial charge in [-0.1, -0.05) is 34.4 Å². The van der Waals surface area contributed by atoms with Gasteiger partial charge in [0.25, 0.3) is 0 Å². The fraction of sp³-hybridized carbons (Fsp3) is 0.0476. The Hall–Kier alpha value is -2.73. The fourth-order valence-electron chi connectivity index (χ4n) is 2.94. The normalized spacial score (nSPS) is 12.1. The van der Waals surface area contributed by atoms with Crippen LogP contribution in [0.5, 0.6) is 0 Å². The predicted octanol–water partition coefficient (Wildman–Crippen LogP) is 5.93. The zero-order valence-electron chi connectivity index (χ0n) is 14.3. The van der Waals surface area contributed by atoms with E-state index in [2.05, 4.69) is 10.1 Å². The number of halogens is 3. The zero-order valence-corrected chi connectivity index (χ0v) is 15.8. The van der Waals surface area contributed by atoms with E-state index < -0.39 is 6.10 Å². The number of pyridine rings is 1. The van der Waals surface area contributed by atoms with Crippen LogP contribution in [0.4, 0.5) is 4.39 Å². The standard InChI is InChI=1S/C21H13Cl2FN2O2/c22-14-5-8-16(17(23)10-14)19-18(20(27)13-2-1-9-25-11-13)21(28-26-19)12-3-6-15(24)7-4-12/h1-11,20,27H.